The first-order valence-corrected chi connectivity index (χ1v) is 8.73. The number of thiocarbonyl (C=S) groups is 1. The molecule has 12 heteroatoms. The number of nitrogens with one attached hydrogen (secondary N) is 2. The number of hydrogen-bond donors (Lipinski definition) is 2. The average molecular weight is 447 g/mol. The van der Waals surface area contributed by atoms with Gasteiger partial charge >= 0.3 is 12.3 Å². The van der Waals surface area contributed by atoms with Gasteiger partial charge in [-0.05, 0) is 36.8 Å². The molecule has 0 saturated heterocycles. The van der Waals surface area contributed by atoms with Gasteiger partial charge in [0.25, 0.3) is 5.69 Å². The van der Waals surface area contributed by atoms with Gasteiger partial charge in [-0.25, -0.2) is 8.78 Å². The van der Waals surface area contributed by atoms with Crippen LogP contribution in [0.3, 0.4) is 0 Å². The van der Waals surface area contributed by atoms with Crippen molar-refractivity contribution in [1.82, 2.24) is 0 Å². The van der Waals surface area contributed by atoms with Crippen molar-refractivity contribution in [1.29, 1.82) is 0 Å². The summed E-state index contributed by atoms with van der Waals surface area (Å²) < 4.78 is 60.6. The standard InChI is InChI=1S/C18H17F4N3O4S/c1-10-3-4-15(28-2)14(5-10)24-17(30)23-11-6-12(25(26)27)8-13(7-11)29-9-18(21,22)16(19)20/h3-8,16H,9H2,1-2H3,(H2,23,24,30). The second-order valence-electron chi connectivity index (χ2n) is 6.11. The van der Waals surface area contributed by atoms with Gasteiger partial charge in [0.1, 0.15) is 11.5 Å². The molecule has 30 heavy (non-hydrogen) atoms. The second kappa shape index (κ2) is 9.57. The molecular formula is C18H17F4N3O4S. The molecule has 0 aromatic heterocycles. The lowest BCUT2D eigenvalue weighted by molar-refractivity contribution is -0.384. The number of nitrogens with zero attached hydrogens (tertiary/aromatic N) is 1. The summed E-state index contributed by atoms with van der Waals surface area (Å²) >= 11 is 5.17. The predicted molar refractivity (Wildman–Crippen MR) is 107 cm³/mol. The molecule has 0 atom stereocenters. The Morgan fingerprint density at radius 1 is 1.23 bits per heavy atom. The van der Waals surface area contributed by atoms with Crippen LogP contribution < -0.4 is 20.1 Å². The van der Waals surface area contributed by atoms with E-state index in [2.05, 4.69) is 15.4 Å². The van der Waals surface area contributed by atoms with Gasteiger partial charge in [0.05, 0.1) is 29.5 Å². The van der Waals surface area contributed by atoms with Crippen LogP contribution in [0.4, 0.5) is 34.6 Å². The molecular weight excluding hydrogens is 430 g/mol. The third kappa shape index (κ3) is 6.17. The molecule has 2 aromatic rings. The highest BCUT2D eigenvalue weighted by Crippen LogP contribution is 2.30. The first-order valence-electron chi connectivity index (χ1n) is 8.32. The predicted octanol–water partition coefficient (Wildman–Crippen LogP) is 5.00. The van der Waals surface area contributed by atoms with Crippen LogP contribution in [0, 0.1) is 17.0 Å². The van der Waals surface area contributed by atoms with E-state index in [9.17, 15) is 27.7 Å². The van der Waals surface area contributed by atoms with E-state index in [0.717, 1.165) is 23.8 Å². The molecule has 0 bridgehead atoms. The third-order valence-corrected chi connectivity index (χ3v) is 3.92. The highest BCUT2D eigenvalue weighted by molar-refractivity contribution is 7.80. The largest absolute Gasteiger partial charge is 0.495 e. The van der Waals surface area contributed by atoms with Crippen LogP contribution in [-0.2, 0) is 0 Å². The molecule has 7 nitrogen and oxygen atoms in total. The van der Waals surface area contributed by atoms with E-state index in [1.165, 1.54) is 7.11 Å². The number of nitro groups is 1. The van der Waals surface area contributed by atoms with E-state index in [1.807, 2.05) is 13.0 Å². The lowest BCUT2D eigenvalue weighted by atomic mass is 10.2. The number of hydrogen-bond acceptors (Lipinski definition) is 5. The quantitative estimate of drug-likeness (QED) is 0.255. The number of halogens is 4. The minimum atomic E-state index is -4.41. The summed E-state index contributed by atoms with van der Waals surface area (Å²) in [6.07, 6.45) is -3.94. The smallest absolute Gasteiger partial charge is 0.340 e. The monoisotopic (exact) mass is 447 g/mol. The van der Waals surface area contributed by atoms with Gasteiger partial charge < -0.3 is 20.1 Å². The lowest BCUT2D eigenvalue weighted by Crippen LogP contribution is -2.33. The van der Waals surface area contributed by atoms with Gasteiger partial charge in [0.15, 0.2) is 11.7 Å². The van der Waals surface area contributed by atoms with Crippen LogP contribution in [0.1, 0.15) is 5.56 Å². The van der Waals surface area contributed by atoms with Crippen LogP contribution in [0.2, 0.25) is 0 Å². The number of nitro benzene ring substituents is 1. The summed E-state index contributed by atoms with van der Waals surface area (Å²) in [5.74, 6) is -4.32. The molecule has 0 radical (unpaired) electrons. The van der Waals surface area contributed by atoms with E-state index in [4.69, 9.17) is 17.0 Å². The zero-order valence-corrected chi connectivity index (χ0v) is 16.6. The average Bonchev–Trinajstić information content (AvgIpc) is 2.66. The number of aryl methyl sites for hydroxylation is 1. The number of benzene rings is 2. The minimum absolute atomic E-state index is 0.0169. The highest BCUT2D eigenvalue weighted by atomic mass is 32.1. The number of non-ortho nitro benzene ring substituents is 1. The molecule has 0 aliphatic carbocycles. The van der Waals surface area contributed by atoms with Crippen molar-refractivity contribution in [3.05, 3.63) is 52.1 Å². The molecule has 0 spiro atoms. The first kappa shape index (κ1) is 23.1. The molecule has 0 aliphatic heterocycles. The Morgan fingerprint density at radius 3 is 2.53 bits per heavy atom. The van der Waals surface area contributed by atoms with Gasteiger partial charge in [-0.2, -0.15) is 8.78 Å². The molecule has 0 fully saturated rings. The third-order valence-electron chi connectivity index (χ3n) is 3.71. The van der Waals surface area contributed by atoms with Gasteiger partial charge in [-0.3, -0.25) is 10.1 Å². The number of anilines is 2. The summed E-state index contributed by atoms with van der Waals surface area (Å²) in [6, 6.07) is 8.33. The summed E-state index contributed by atoms with van der Waals surface area (Å²) in [5, 5.41) is 16.6. The van der Waals surface area contributed by atoms with Crippen LogP contribution in [0.5, 0.6) is 11.5 Å². The summed E-state index contributed by atoms with van der Waals surface area (Å²) in [7, 11) is 1.46. The van der Waals surface area contributed by atoms with E-state index in [0.29, 0.717) is 11.4 Å². The fraction of sp³-hybridized carbons (Fsp3) is 0.278. The van der Waals surface area contributed by atoms with Crippen molar-refractivity contribution < 1.29 is 32.0 Å². The van der Waals surface area contributed by atoms with Gasteiger partial charge in [-0.1, -0.05) is 6.07 Å². The van der Waals surface area contributed by atoms with Gasteiger partial charge in [-0.15, -0.1) is 0 Å². The Bertz CT molecular complexity index is 944. The Morgan fingerprint density at radius 2 is 1.93 bits per heavy atom. The normalized spacial score (nSPS) is 11.2. The molecule has 0 amide bonds. The fourth-order valence-corrected chi connectivity index (χ4v) is 2.52. The van der Waals surface area contributed by atoms with Gasteiger partial charge in [0, 0.05) is 12.1 Å². The maximum absolute atomic E-state index is 13.1. The maximum atomic E-state index is 13.1. The molecule has 0 saturated carbocycles. The number of ether oxygens (including phenoxy) is 2. The van der Waals surface area contributed by atoms with Crippen LogP contribution >= 0.6 is 12.2 Å². The van der Waals surface area contributed by atoms with Crippen molar-refractivity contribution in [3.8, 4) is 11.5 Å². The van der Waals surface area contributed by atoms with Crippen molar-refractivity contribution in [3.63, 3.8) is 0 Å². The van der Waals surface area contributed by atoms with Gasteiger partial charge in [0.2, 0.25) is 0 Å². The number of methoxy groups -OCH3 is 1. The van der Waals surface area contributed by atoms with Crippen molar-refractivity contribution in [2.75, 3.05) is 24.4 Å². The number of alkyl halides is 4. The Kier molecular flexibility index (Phi) is 7.38. The Labute approximate surface area is 174 Å². The molecule has 162 valence electrons. The molecule has 0 unspecified atom stereocenters. The SMILES string of the molecule is COc1ccc(C)cc1NC(=S)Nc1cc(OCC(F)(F)C(F)F)cc([N+](=O)[O-])c1. The van der Waals surface area contributed by atoms with E-state index in [1.54, 1.807) is 12.1 Å². The zero-order valence-electron chi connectivity index (χ0n) is 15.7. The Balaban J connectivity index is 2.20. The lowest BCUT2D eigenvalue weighted by Gasteiger charge is -2.17. The van der Waals surface area contributed by atoms with Crippen molar-refractivity contribution >= 4 is 34.4 Å². The zero-order chi connectivity index (χ0) is 22.5. The topological polar surface area (TPSA) is 85.7 Å². The Hall–Kier alpha value is -3.15. The highest BCUT2D eigenvalue weighted by Gasteiger charge is 2.41. The molecule has 2 aromatic carbocycles. The minimum Gasteiger partial charge on any atom is -0.495 e. The summed E-state index contributed by atoms with van der Waals surface area (Å²) in [4.78, 5) is 10.3. The van der Waals surface area contributed by atoms with E-state index >= 15 is 0 Å². The fourth-order valence-electron chi connectivity index (χ4n) is 2.29. The molecule has 2 N–H and O–H groups in total. The number of rotatable bonds is 8. The molecule has 0 heterocycles. The second-order valence-corrected chi connectivity index (χ2v) is 6.51. The van der Waals surface area contributed by atoms with Crippen LogP contribution in [0.15, 0.2) is 36.4 Å². The van der Waals surface area contributed by atoms with Crippen molar-refractivity contribution in [2.45, 2.75) is 19.3 Å². The summed E-state index contributed by atoms with van der Waals surface area (Å²) in [5.41, 5.74) is 0.954. The molecule has 2 rings (SSSR count). The van der Waals surface area contributed by atoms with Crippen LogP contribution in [-0.4, -0.2) is 36.1 Å². The van der Waals surface area contributed by atoms with E-state index in [-0.39, 0.29) is 10.8 Å². The van der Waals surface area contributed by atoms with Crippen molar-refractivity contribution in [2.24, 2.45) is 0 Å². The van der Waals surface area contributed by atoms with E-state index < -0.39 is 35.3 Å². The molecule has 0 aliphatic rings. The van der Waals surface area contributed by atoms with Crippen LogP contribution in [0.25, 0.3) is 0 Å². The maximum Gasteiger partial charge on any atom is 0.340 e. The summed E-state index contributed by atoms with van der Waals surface area (Å²) in [6.45, 7) is 0.203. The first-order chi connectivity index (χ1) is 14.0.